The number of anilines is 1. The molecule has 0 radical (unpaired) electrons. The van der Waals surface area contributed by atoms with Crippen molar-refractivity contribution in [1.29, 1.82) is 0 Å². The Morgan fingerprint density at radius 2 is 1.89 bits per heavy atom. The number of allylic oxidation sites excluding steroid dienone is 3. The molecule has 0 fully saturated rings. The van der Waals surface area contributed by atoms with Crippen LogP contribution in [0.2, 0.25) is 0 Å². The average Bonchev–Trinajstić information content (AvgIpc) is 2.81. The molecule has 0 spiro atoms. The Kier molecular flexibility index (Phi) is 8.68. The third-order valence-corrected chi connectivity index (χ3v) is 5.39. The monoisotopic (exact) mass is 478 g/mol. The van der Waals surface area contributed by atoms with E-state index in [0.29, 0.717) is 23.9 Å². The second-order valence-electron chi connectivity index (χ2n) is 9.39. The molecule has 1 aromatic heterocycles. The Hall–Kier alpha value is -3.61. The Labute approximate surface area is 207 Å². The molecule has 0 saturated carbocycles. The van der Waals surface area contributed by atoms with Crippen molar-refractivity contribution in [2.24, 2.45) is 5.92 Å². The summed E-state index contributed by atoms with van der Waals surface area (Å²) in [4.78, 5) is 30.8. The zero-order valence-corrected chi connectivity index (χ0v) is 21.1. The van der Waals surface area contributed by atoms with Gasteiger partial charge in [0, 0.05) is 11.8 Å². The zero-order chi connectivity index (χ0) is 25.4. The van der Waals surface area contributed by atoms with Crippen molar-refractivity contribution < 1.29 is 23.8 Å². The molecule has 0 N–H and O–H groups in total. The fourth-order valence-electron chi connectivity index (χ4n) is 3.53. The van der Waals surface area contributed by atoms with Crippen LogP contribution in [-0.2, 0) is 14.3 Å². The maximum Gasteiger partial charge on any atom is 0.415 e. The molecular weight excluding hydrogens is 444 g/mol. The van der Waals surface area contributed by atoms with Crippen LogP contribution in [0.4, 0.5) is 10.5 Å². The molecule has 1 unspecified atom stereocenters. The third kappa shape index (κ3) is 7.70. The van der Waals surface area contributed by atoms with Gasteiger partial charge in [-0.3, -0.25) is 14.7 Å². The standard InChI is InChI=1S/C28H34N2O5/c1-6-33-26(31)18-30(27(32)35-28(3,4)5)23-15-16-29-25(17-23)21-11-13-24(14-12-21)34-19-22-10-8-7-9-20(22)2/h7-8,10-17,20H,6,9,18-19H2,1-5H3. The number of benzene rings is 1. The molecule has 35 heavy (non-hydrogen) atoms. The van der Waals surface area contributed by atoms with Crippen LogP contribution in [0, 0.1) is 5.92 Å². The maximum absolute atomic E-state index is 12.9. The summed E-state index contributed by atoms with van der Waals surface area (Å²) < 4.78 is 16.5. The van der Waals surface area contributed by atoms with Crippen molar-refractivity contribution in [2.75, 3.05) is 24.7 Å². The predicted octanol–water partition coefficient (Wildman–Crippen LogP) is 5.95. The summed E-state index contributed by atoms with van der Waals surface area (Å²) >= 11 is 0. The molecule has 1 heterocycles. The van der Waals surface area contributed by atoms with Gasteiger partial charge in [0.25, 0.3) is 0 Å². The van der Waals surface area contributed by atoms with E-state index in [1.165, 1.54) is 10.5 Å². The first-order valence-electron chi connectivity index (χ1n) is 11.9. The molecule has 1 aliphatic carbocycles. The van der Waals surface area contributed by atoms with Crippen LogP contribution in [-0.4, -0.2) is 42.4 Å². The number of nitrogens with zero attached hydrogens (tertiary/aromatic N) is 2. The van der Waals surface area contributed by atoms with E-state index in [-0.39, 0.29) is 13.2 Å². The molecule has 186 valence electrons. The summed E-state index contributed by atoms with van der Waals surface area (Å²) in [5.41, 5.74) is 2.56. The first-order valence-corrected chi connectivity index (χ1v) is 11.9. The fourth-order valence-corrected chi connectivity index (χ4v) is 3.53. The van der Waals surface area contributed by atoms with Crippen LogP contribution in [0.1, 0.15) is 41.0 Å². The van der Waals surface area contributed by atoms with Gasteiger partial charge >= 0.3 is 12.1 Å². The minimum absolute atomic E-state index is 0.226. The molecular formula is C28H34N2O5. The van der Waals surface area contributed by atoms with Gasteiger partial charge in [0.15, 0.2) is 0 Å². The topological polar surface area (TPSA) is 78.0 Å². The van der Waals surface area contributed by atoms with Crippen molar-refractivity contribution in [2.45, 2.75) is 46.6 Å². The van der Waals surface area contributed by atoms with Gasteiger partial charge in [-0.1, -0.05) is 25.2 Å². The molecule has 0 aliphatic heterocycles. The Bertz CT molecular complexity index is 1080. The third-order valence-electron chi connectivity index (χ3n) is 5.39. The molecule has 1 amide bonds. The lowest BCUT2D eigenvalue weighted by Gasteiger charge is -2.27. The maximum atomic E-state index is 12.9. The predicted molar refractivity (Wildman–Crippen MR) is 136 cm³/mol. The van der Waals surface area contributed by atoms with Crippen molar-refractivity contribution >= 4 is 17.7 Å². The van der Waals surface area contributed by atoms with Gasteiger partial charge in [-0.05, 0) is 82.0 Å². The summed E-state index contributed by atoms with van der Waals surface area (Å²) in [6, 6.07) is 11.1. The molecule has 7 nitrogen and oxygen atoms in total. The normalized spacial score (nSPS) is 15.2. The number of aromatic nitrogens is 1. The number of ether oxygens (including phenoxy) is 3. The minimum atomic E-state index is -0.711. The van der Waals surface area contributed by atoms with Gasteiger partial charge in [0.1, 0.15) is 24.5 Å². The molecule has 1 atom stereocenters. The number of rotatable bonds is 8. The Morgan fingerprint density at radius 1 is 1.14 bits per heavy atom. The van der Waals surface area contributed by atoms with Crippen molar-refractivity contribution in [1.82, 2.24) is 4.98 Å². The van der Waals surface area contributed by atoms with Gasteiger partial charge in [-0.25, -0.2) is 4.79 Å². The Balaban J connectivity index is 1.77. The molecule has 1 aliphatic rings. The van der Waals surface area contributed by atoms with Gasteiger partial charge in [-0.2, -0.15) is 0 Å². The van der Waals surface area contributed by atoms with Gasteiger partial charge in [0.05, 0.1) is 18.0 Å². The number of carbonyl (C=O) groups excluding carboxylic acids is 2. The highest BCUT2D eigenvalue weighted by Gasteiger charge is 2.26. The van der Waals surface area contributed by atoms with Crippen molar-refractivity contribution in [3.05, 3.63) is 66.4 Å². The average molecular weight is 479 g/mol. The smallest absolute Gasteiger partial charge is 0.415 e. The summed E-state index contributed by atoms with van der Waals surface area (Å²) in [5.74, 6) is 0.732. The van der Waals surface area contributed by atoms with E-state index in [2.05, 4.69) is 30.1 Å². The summed E-state index contributed by atoms with van der Waals surface area (Å²) in [6.07, 6.45) is 8.36. The van der Waals surface area contributed by atoms with E-state index in [1.807, 2.05) is 24.3 Å². The molecule has 1 aromatic carbocycles. The largest absolute Gasteiger partial charge is 0.489 e. The SMILES string of the molecule is CCOC(=O)CN(C(=O)OC(C)(C)C)c1ccnc(-c2ccc(OCC3=CC=CCC3C)cc2)c1. The van der Waals surface area contributed by atoms with E-state index >= 15 is 0 Å². The summed E-state index contributed by atoms with van der Waals surface area (Å²) in [6.45, 7) is 9.76. The van der Waals surface area contributed by atoms with Crippen molar-refractivity contribution in [3.8, 4) is 17.0 Å². The lowest BCUT2D eigenvalue weighted by molar-refractivity contribution is -0.141. The van der Waals surface area contributed by atoms with E-state index in [1.54, 1.807) is 46.0 Å². The highest BCUT2D eigenvalue weighted by Crippen LogP contribution is 2.27. The highest BCUT2D eigenvalue weighted by molar-refractivity contribution is 5.94. The van der Waals surface area contributed by atoms with E-state index in [4.69, 9.17) is 14.2 Å². The van der Waals surface area contributed by atoms with Crippen LogP contribution in [0.5, 0.6) is 5.75 Å². The number of esters is 1. The fraction of sp³-hybridized carbons (Fsp3) is 0.393. The van der Waals surface area contributed by atoms with E-state index in [9.17, 15) is 9.59 Å². The lowest BCUT2D eigenvalue weighted by atomic mass is 9.94. The number of hydrogen-bond donors (Lipinski definition) is 0. The quantitative estimate of drug-likeness (QED) is 0.436. The van der Waals surface area contributed by atoms with Gasteiger partial charge < -0.3 is 14.2 Å². The first kappa shape index (κ1) is 26.0. The number of carbonyl (C=O) groups is 2. The Morgan fingerprint density at radius 3 is 2.54 bits per heavy atom. The number of amides is 1. The van der Waals surface area contributed by atoms with Crippen LogP contribution < -0.4 is 9.64 Å². The number of hydrogen-bond acceptors (Lipinski definition) is 6. The summed E-state index contributed by atoms with van der Waals surface area (Å²) in [7, 11) is 0. The second kappa shape index (κ2) is 11.7. The van der Waals surface area contributed by atoms with Crippen LogP contribution >= 0.6 is 0 Å². The lowest BCUT2D eigenvalue weighted by Crippen LogP contribution is -2.40. The van der Waals surface area contributed by atoms with Gasteiger partial charge in [0.2, 0.25) is 0 Å². The van der Waals surface area contributed by atoms with E-state index < -0.39 is 17.7 Å². The number of pyridine rings is 1. The molecule has 2 aromatic rings. The summed E-state index contributed by atoms with van der Waals surface area (Å²) in [5, 5.41) is 0. The molecule has 0 bridgehead atoms. The van der Waals surface area contributed by atoms with Crippen molar-refractivity contribution in [3.63, 3.8) is 0 Å². The second-order valence-corrected chi connectivity index (χ2v) is 9.39. The molecule has 0 saturated heterocycles. The molecule has 7 heteroatoms. The zero-order valence-electron chi connectivity index (χ0n) is 21.1. The highest BCUT2D eigenvalue weighted by atomic mass is 16.6. The molecule has 3 rings (SSSR count). The van der Waals surface area contributed by atoms with E-state index in [0.717, 1.165) is 17.7 Å². The minimum Gasteiger partial charge on any atom is -0.489 e. The first-order chi connectivity index (χ1) is 16.7. The van der Waals surface area contributed by atoms with Gasteiger partial charge in [-0.15, -0.1) is 0 Å². The van der Waals surface area contributed by atoms with Crippen LogP contribution in [0.25, 0.3) is 11.3 Å². The van der Waals surface area contributed by atoms with Crippen LogP contribution in [0.3, 0.4) is 0 Å². The van der Waals surface area contributed by atoms with Crippen LogP contribution in [0.15, 0.2) is 66.4 Å².